The number of nitrogens with one attached hydrogen (secondary N) is 1. The highest BCUT2D eigenvalue weighted by molar-refractivity contribution is 7.91. The number of thiol groups is 1. The molecule has 0 aromatic heterocycles. The summed E-state index contributed by atoms with van der Waals surface area (Å²) < 4.78 is 0. The fraction of sp³-hybridized carbons (Fsp3) is 0. The number of hydrogen-bond donors (Lipinski definition) is 2. The molecule has 0 saturated heterocycles. The van der Waals surface area contributed by atoms with Crippen LogP contribution in [0.4, 0.5) is 5.69 Å². The Kier molecular flexibility index (Phi) is 5.14. The van der Waals surface area contributed by atoms with Crippen molar-refractivity contribution in [3.8, 4) is 0 Å². The van der Waals surface area contributed by atoms with Gasteiger partial charge >= 0.3 is 0 Å². The second-order valence-corrected chi connectivity index (χ2v) is 5.72. The van der Waals surface area contributed by atoms with Crippen LogP contribution in [0.15, 0.2) is 91.0 Å². The number of carbonyl (C=O) groups excluding carboxylic acids is 1. The molecular formula is C21H17NOS. The zero-order valence-electron chi connectivity index (χ0n) is 13.0. The summed E-state index contributed by atoms with van der Waals surface area (Å²) in [6, 6.07) is 28.7. The Labute approximate surface area is 147 Å². The van der Waals surface area contributed by atoms with E-state index in [1.807, 2.05) is 91.0 Å². The number of para-hydroxylation sites is 1. The van der Waals surface area contributed by atoms with Gasteiger partial charge in [0, 0.05) is 10.6 Å². The molecule has 1 amide bonds. The lowest BCUT2D eigenvalue weighted by molar-refractivity contribution is -0.111. The minimum absolute atomic E-state index is 0.179. The first-order valence-corrected chi connectivity index (χ1v) is 8.11. The summed E-state index contributed by atoms with van der Waals surface area (Å²) in [4.78, 5) is 13.6. The van der Waals surface area contributed by atoms with Crippen molar-refractivity contribution in [2.24, 2.45) is 0 Å². The molecule has 0 heterocycles. The molecule has 2 nitrogen and oxygen atoms in total. The van der Waals surface area contributed by atoms with Crippen molar-refractivity contribution < 1.29 is 4.79 Å². The van der Waals surface area contributed by atoms with E-state index in [1.165, 1.54) is 0 Å². The third-order valence-corrected chi connectivity index (χ3v) is 4.09. The fourth-order valence-electron chi connectivity index (χ4n) is 2.44. The van der Waals surface area contributed by atoms with E-state index in [2.05, 4.69) is 17.9 Å². The van der Waals surface area contributed by atoms with Crippen LogP contribution in [-0.4, -0.2) is 5.91 Å². The first kappa shape index (κ1) is 16.1. The minimum Gasteiger partial charge on any atom is -0.322 e. The topological polar surface area (TPSA) is 29.1 Å². The van der Waals surface area contributed by atoms with Gasteiger partial charge < -0.3 is 5.32 Å². The zero-order valence-corrected chi connectivity index (χ0v) is 13.9. The van der Waals surface area contributed by atoms with Gasteiger partial charge in [-0.2, -0.15) is 0 Å². The van der Waals surface area contributed by atoms with Gasteiger partial charge in [-0.1, -0.05) is 78.9 Å². The van der Waals surface area contributed by atoms with Crippen LogP contribution in [0.5, 0.6) is 0 Å². The molecule has 0 bridgehead atoms. The van der Waals surface area contributed by atoms with Gasteiger partial charge in [0.15, 0.2) is 0 Å². The number of carbonyl (C=O) groups is 1. The van der Waals surface area contributed by atoms with Gasteiger partial charge in [0.25, 0.3) is 5.91 Å². The average Bonchev–Trinajstić information content (AvgIpc) is 2.64. The Hall–Kier alpha value is -2.78. The predicted octanol–water partition coefficient (Wildman–Crippen LogP) is 5.12. The molecule has 0 aliphatic heterocycles. The molecule has 0 saturated carbocycles. The van der Waals surface area contributed by atoms with E-state index < -0.39 is 0 Å². The Morgan fingerprint density at radius 1 is 0.667 bits per heavy atom. The summed E-state index contributed by atoms with van der Waals surface area (Å²) in [7, 11) is 0. The van der Waals surface area contributed by atoms with Crippen LogP contribution in [0.2, 0.25) is 0 Å². The third kappa shape index (κ3) is 3.76. The molecule has 3 aromatic carbocycles. The van der Waals surface area contributed by atoms with E-state index in [4.69, 9.17) is 0 Å². The van der Waals surface area contributed by atoms with Gasteiger partial charge in [-0.3, -0.25) is 4.79 Å². The van der Waals surface area contributed by atoms with Gasteiger partial charge in [-0.25, -0.2) is 0 Å². The van der Waals surface area contributed by atoms with Crippen LogP contribution in [0.3, 0.4) is 0 Å². The molecule has 0 atom stereocenters. The molecule has 3 rings (SSSR count). The summed E-state index contributed by atoms with van der Waals surface area (Å²) in [6.07, 6.45) is 0. The van der Waals surface area contributed by atoms with Crippen molar-refractivity contribution in [2.45, 2.75) is 0 Å². The van der Waals surface area contributed by atoms with Crippen LogP contribution in [0.1, 0.15) is 11.1 Å². The van der Waals surface area contributed by atoms with Gasteiger partial charge in [-0.15, -0.1) is 12.6 Å². The Morgan fingerprint density at radius 2 is 1.12 bits per heavy atom. The maximum Gasteiger partial charge on any atom is 0.257 e. The molecule has 0 aliphatic rings. The van der Waals surface area contributed by atoms with Crippen LogP contribution in [0.25, 0.3) is 10.5 Å². The highest BCUT2D eigenvalue weighted by atomic mass is 32.1. The van der Waals surface area contributed by atoms with Gasteiger partial charge in [0.2, 0.25) is 0 Å². The molecule has 0 unspecified atom stereocenters. The van der Waals surface area contributed by atoms with E-state index in [9.17, 15) is 4.79 Å². The molecule has 0 radical (unpaired) electrons. The van der Waals surface area contributed by atoms with E-state index >= 15 is 0 Å². The Balaban J connectivity index is 2.04. The van der Waals surface area contributed by atoms with Gasteiger partial charge in [0.05, 0.1) is 5.57 Å². The Bertz CT molecular complexity index is 843. The number of amides is 1. The number of rotatable bonds is 4. The van der Waals surface area contributed by atoms with Crippen LogP contribution in [-0.2, 0) is 4.79 Å². The molecular weight excluding hydrogens is 314 g/mol. The molecule has 118 valence electrons. The molecule has 3 aromatic rings. The smallest absolute Gasteiger partial charge is 0.257 e. The number of anilines is 1. The number of hydrogen-bond acceptors (Lipinski definition) is 2. The van der Waals surface area contributed by atoms with Crippen LogP contribution < -0.4 is 5.32 Å². The summed E-state index contributed by atoms with van der Waals surface area (Å²) >= 11 is 4.65. The van der Waals surface area contributed by atoms with Crippen molar-refractivity contribution in [2.75, 3.05) is 5.32 Å². The normalized spacial score (nSPS) is 11.5. The summed E-state index contributed by atoms with van der Waals surface area (Å²) in [6.45, 7) is 0. The predicted molar refractivity (Wildman–Crippen MR) is 104 cm³/mol. The molecule has 0 spiro atoms. The molecule has 0 fully saturated rings. The van der Waals surface area contributed by atoms with E-state index in [0.29, 0.717) is 10.5 Å². The molecule has 3 heteroatoms. The summed E-state index contributed by atoms with van der Waals surface area (Å²) in [5, 5.41) is 2.95. The van der Waals surface area contributed by atoms with Gasteiger partial charge in [-0.05, 0) is 23.3 Å². The standard InChI is InChI=1S/C21H17NOS/c23-21(22-18-14-8-3-9-15-18)19(16-10-4-1-5-11-16)20(24)17-12-6-2-7-13-17/h1-15,24H,(H,22,23). The van der Waals surface area contributed by atoms with Crippen molar-refractivity contribution in [1.29, 1.82) is 0 Å². The summed E-state index contributed by atoms with van der Waals surface area (Å²) in [5.41, 5.74) is 3.04. The third-order valence-electron chi connectivity index (χ3n) is 3.61. The summed E-state index contributed by atoms with van der Waals surface area (Å²) in [5.74, 6) is -0.179. The maximum atomic E-state index is 12.9. The lowest BCUT2D eigenvalue weighted by Crippen LogP contribution is -2.14. The molecule has 1 N–H and O–H groups in total. The second kappa shape index (κ2) is 7.66. The lowest BCUT2D eigenvalue weighted by Gasteiger charge is -2.13. The highest BCUT2D eigenvalue weighted by Gasteiger charge is 2.17. The minimum atomic E-state index is -0.179. The first-order valence-electron chi connectivity index (χ1n) is 7.66. The molecule has 24 heavy (non-hydrogen) atoms. The first-order chi connectivity index (χ1) is 11.8. The van der Waals surface area contributed by atoms with Crippen molar-refractivity contribution >= 4 is 34.7 Å². The zero-order chi connectivity index (χ0) is 16.8. The monoisotopic (exact) mass is 331 g/mol. The van der Waals surface area contributed by atoms with E-state index in [-0.39, 0.29) is 5.91 Å². The van der Waals surface area contributed by atoms with Crippen molar-refractivity contribution in [3.63, 3.8) is 0 Å². The Morgan fingerprint density at radius 3 is 1.67 bits per heavy atom. The molecule has 0 aliphatic carbocycles. The van der Waals surface area contributed by atoms with Crippen LogP contribution in [0, 0.1) is 0 Å². The maximum absolute atomic E-state index is 12.9. The largest absolute Gasteiger partial charge is 0.322 e. The second-order valence-electron chi connectivity index (χ2n) is 5.28. The quantitative estimate of drug-likeness (QED) is 0.388. The van der Waals surface area contributed by atoms with Crippen molar-refractivity contribution in [1.82, 2.24) is 0 Å². The highest BCUT2D eigenvalue weighted by Crippen LogP contribution is 2.30. The fourth-order valence-corrected chi connectivity index (χ4v) is 2.82. The number of benzene rings is 3. The van der Waals surface area contributed by atoms with E-state index in [1.54, 1.807) is 0 Å². The lowest BCUT2D eigenvalue weighted by atomic mass is 10.0. The average molecular weight is 331 g/mol. The van der Waals surface area contributed by atoms with E-state index in [0.717, 1.165) is 16.8 Å². The van der Waals surface area contributed by atoms with Gasteiger partial charge in [0.1, 0.15) is 0 Å². The van der Waals surface area contributed by atoms with Crippen molar-refractivity contribution in [3.05, 3.63) is 102 Å². The van der Waals surface area contributed by atoms with Crippen LogP contribution >= 0.6 is 12.6 Å². The SMILES string of the molecule is O=C(Nc1ccccc1)C(=C(S)c1ccccc1)c1ccccc1.